The minimum absolute atomic E-state index is 0.213. The van der Waals surface area contributed by atoms with Gasteiger partial charge in [-0.15, -0.1) is 0 Å². The van der Waals surface area contributed by atoms with E-state index in [9.17, 15) is 14.0 Å². The monoisotopic (exact) mass is 404 g/mol. The molecule has 6 nitrogen and oxygen atoms in total. The van der Waals surface area contributed by atoms with E-state index in [-0.39, 0.29) is 5.82 Å². The Bertz CT molecular complexity index is 823. The Labute approximate surface area is 168 Å². The second kappa shape index (κ2) is 9.52. The van der Waals surface area contributed by atoms with Crippen molar-refractivity contribution in [3.63, 3.8) is 0 Å². The number of para-hydroxylation sites is 1. The van der Waals surface area contributed by atoms with Crippen LogP contribution < -0.4 is 15.5 Å². The van der Waals surface area contributed by atoms with Crippen LogP contribution in [0.3, 0.4) is 0 Å². The molecular weight excluding hydrogens is 383 g/mol. The summed E-state index contributed by atoms with van der Waals surface area (Å²) in [5.41, 5.74) is 1.13. The fourth-order valence-electron chi connectivity index (χ4n) is 3.05. The van der Waals surface area contributed by atoms with Gasteiger partial charge in [0, 0.05) is 50.0 Å². The Morgan fingerprint density at radius 2 is 1.64 bits per heavy atom. The second-order valence-electron chi connectivity index (χ2n) is 6.50. The van der Waals surface area contributed by atoms with Crippen molar-refractivity contribution < 1.29 is 14.0 Å². The standard InChI is InChI=1S/C20H22ClFN4O2/c21-15-5-7-16(8-6-15)24-20(28)19(27)23-9-10-25-11-13-26(14-12-25)18-4-2-1-3-17(18)22/h1-8H,9-14H2,(H,23,27)(H,24,28). The number of anilines is 2. The number of nitrogens with one attached hydrogen (secondary N) is 2. The Balaban J connectivity index is 1.37. The molecule has 0 spiro atoms. The summed E-state index contributed by atoms with van der Waals surface area (Å²) in [4.78, 5) is 28.0. The minimum atomic E-state index is -0.716. The van der Waals surface area contributed by atoms with E-state index < -0.39 is 11.8 Å². The van der Waals surface area contributed by atoms with Gasteiger partial charge in [-0.2, -0.15) is 0 Å². The number of carbonyl (C=O) groups is 2. The highest BCUT2D eigenvalue weighted by atomic mass is 35.5. The van der Waals surface area contributed by atoms with E-state index in [2.05, 4.69) is 15.5 Å². The Morgan fingerprint density at radius 3 is 2.32 bits per heavy atom. The van der Waals surface area contributed by atoms with Crippen LogP contribution in [0.25, 0.3) is 0 Å². The zero-order valence-electron chi connectivity index (χ0n) is 15.3. The van der Waals surface area contributed by atoms with E-state index in [1.165, 1.54) is 6.07 Å². The highest BCUT2D eigenvalue weighted by molar-refractivity contribution is 6.39. The van der Waals surface area contributed by atoms with Gasteiger partial charge in [-0.1, -0.05) is 23.7 Å². The summed E-state index contributed by atoms with van der Waals surface area (Å²) in [6, 6.07) is 13.3. The number of carbonyl (C=O) groups excluding carboxylic acids is 2. The summed E-state index contributed by atoms with van der Waals surface area (Å²) in [5.74, 6) is -1.61. The van der Waals surface area contributed by atoms with Gasteiger partial charge in [-0.25, -0.2) is 4.39 Å². The van der Waals surface area contributed by atoms with Gasteiger partial charge in [0.15, 0.2) is 0 Å². The fraction of sp³-hybridized carbons (Fsp3) is 0.300. The number of rotatable bonds is 5. The summed E-state index contributed by atoms with van der Waals surface area (Å²) in [7, 11) is 0. The highest BCUT2D eigenvalue weighted by Crippen LogP contribution is 2.20. The molecule has 2 amide bonds. The number of hydrogen-bond acceptors (Lipinski definition) is 4. The van der Waals surface area contributed by atoms with Crippen LogP contribution in [0.1, 0.15) is 0 Å². The fourth-order valence-corrected chi connectivity index (χ4v) is 3.18. The average molecular weight is 405 g/mol. The normalized spacial score (nSPS) is 14.6. The van der Waals surface area contributed by atoms with Gasteiger partial charge in [-0.3, -0.25) is 14.5 Å². The molecule has 1 aliphatic rings. The minimum Gasteiger partial charge on any atom is -0.367 e. The summed E-state index contributed by atoms with van der Waals surface area (Å²) < 4.78 is 13.9. The molecule has 1 heterocycles. The van der Waals surface area contributed by atoms with Crippen molar-refractivity contribution in [1.82, 2.24) is 10.2 Å². The Kier molecular flexibility index (Phi) is 6.84. The predicted molar refractivity (Wildman–Crippen MR) is 108 cm³/mol. The van der Waals surface area contributed by atoms with Crippen LogP contribution in [0.2, 0.25) is 5.02 Å². The molecule has 0 saturated carbocycles. The van der Waals surface area contributed by atoms with E-state index in [4.69, 9.17) is 11.6 Å². The first-order valence-electron chi connectivity index (χ1n) is 9.09. The van der Waals surface area contributed by atoms with Crippen LogP contribution in [0.5, 0.6) is 0 Å². The topological polar surface area (TPSA) is 64.7 Å². The third kappa shape index (κ3) is 5.43. The van der Waals surface area contributed by atoms with E-state index in [0.29, 0.717) is 42.6 Å². The molecule has 3 rings (SSSR count). The van der Waals surface area contributed by atoms with Gasteiger partial charge in [0.25, 0.3) is 0 Å². The third-order valence-electron chi connectivity index (χ3n) is 4.59. The molecule has 28 heavy (non-hydrogen) atoms. The van der Waals surface area contributed by atoms with E-state index in [1.807, 2.05) is 11.0 Å². The number of piperazine rings is 1. The molecule has 0 aliphatic carbocycles. The molecule has 8 heteroatoms. The van der Waals surface area contributed by atoms with Crippen molar-refractivity contribution in [2.45, 2.75) is 0 Å². The number of nitrogens with zero attached hydrogens (tertiary/aromatic N) is 2. The molecule has 0 bridgehead atoms. The lowest BCUT2D eigenvalue weighted by molar-refractivity contribution is -0.136. The van der Waals surface area contributed by atoms with Crippen molar-refractivity contribution in [1.29, 1.82) is 0 Å². The van der Waals surface area contributed by atoms with Crippen LogP contribution >= 0.6 is 11.6 Å². The van der Waals surface area contributed by atoms with Gasteiger partial charge in [0.1, 0.15) is 5.82 Å². The lowest BCUT2D eigenvalue weighted by atomic mass is 10.2. The molecule has 148 valence electrons. The third-order valence-corrected chi connectivity index (χ3v) is 4.84. The van der Waals surface area contributed by atoms with Gasteiger partial charge in [0.05, 0.1) is 5.69 Å². The van der Waals surface area contributed by atoms with Crippen molar-refractivity contribution in [2.24, 2.45) is 0 Å². The van der Waals surface area contributed by atoms with Gasteiger partial charge < -0.3 is 15.5 Å². The maximum atomic E-state index is 13.9. The van der Waals surface area contributed by atoms with Gasteiger partial charge >= 0.3 is 11.8 Å². The molecule has 0 aromatic heterocycles. The van der Waals surface area contributed by atoms with Gasteiger partial charge in [0.2, 0.25) is 0 Å². The molecule has 2 aromatic carbocycles. The molecule has 0 unspecified atom stereocenters. The van der Waals surface area contributed by atoms with Crippen LogP contribution in [0.4, 0.5) is 15.8 Å². The Morgan fingerprint density at radius 1 is 0.964 bits per heavy atom. The molecule has 1 aliphatic heterocycles. The van der Waals surface area contributed by atoms with Crippen molar-refractivity contribution in [3.8, 4) is 0 Å². The average Bonchev–Trinajstić information content (AvgIpc) is 2.70. The molecule has 1 saturated heterocycles. The van der Waals surface area contributed by atoms with E-state index in [0.717, 1.165) is 13.1 Å². The smallest absolute Gasteiger partial charge is 0.313 e. The predicted octanol–water partition coefficient (Wildman–Crippen LogP) is 2.36. The van der Waals surface area contributed by atoms with E-state index in [1.54, 1.807) is 36.4 Å². The zero-order chi connectivity index (χ0) is 19.9. The molecule has 1 fully saturated rings. The first-order chi connectivity index (χ1) is 13.5. The first kappa shape index (κ1) is 20.1. The quantitative estimate of drug-likeness (QED) is 0.751. The second-order valence-corrected chi connectivity index (χ2v) is 6.93. The van der Waals surface area contributed by atoms with Crippen LogP contribution in [0.15, 0.2) is 48.5 Å². The molecule has 0 atom stereocenters. The SMILES string of the molecule is O=C(NCCN1CCN(c2ccccc2F)CC1)C(=O)Nc1ccc(Cl)cc1. The summed E-state index contributed by atoms with van der Waals surface area (Å²) in [5, 5.41) is 5.70. The maximum Gasteiger partial charge on any atom is 0.313 e. The maximum absolute atomic E-state index is 13.9. The van der Waals surface area contributed by atoms with Crippen LogP contribution in [-0.4, -0.2) is 56.0 Å². The highest BCUT2D eigenvalue weighted by Gasteiger charge is 2.19. The van der Waals surface area contributed by atoms with Crippen LogP contribution in [0, 0.1) is 5.82 Å². The van der Waals surface area contributed by atoms with Crippen molar-refractivity contribution in [3.05, 3.63) is 59.4 Å². The van der Waals surface area contributed by atoms with Crippen molar-refractivity contribution >= 4 is 34.8 Å². The molecule has 2 aromatic rings. The Hall–Kier alpha value is -2.64. The van der Waals surface area contributed by atoms with Crippen LogP contribution in [-0.2, 0) is 9.59 Å². The number of amides is 2. The summed E-state index contributed by atoms with van der Waals surface area (Å²) >= 11 is 5.79. The zero-order valence-corrected chi connectivity index (χ0v) is 16.1. The molecule has 2 N–H and O–H groups in total. The lowest BCUT2D eigenvalue weighted by Crippen LogP contribution is -2.49. The van der Waals surface area contributed by atoms with Crippen molar-refractivity contribution in [2.75, 3.05) is 49.5 Å². The lowest BCUT2D eigenvalue weighted by Gasteiger charge is -2.36. The summed E-state index contributed by atoms with van der Waals surface area (Å²) in [6.45, 7) is 3.96. The number of hydrogen-bond donors (Lipinski definition) is 2. The summed E-state index contributed by atoms with van der Waals surface area (Å²) in [6.07, 6.45) is 0. The number of halogens is 2. The number of benzene rings is 2. The van der Waals surface area contributed by atoms with E-state index >= 15 is 0 Å². The molecular formula is C20H22ClFN4O2. The molecule has 0 radical (unpaired) electrons. The first-order valence-corrected chi connectivity index (χ1v) is 9.47. The van der Waals surface area contributed by atoms with Gasteiger partial charge in [-0.05, 0) is 36.4 Å². The largest absolute Gasteiger partial charge is 0.367 e.